The number of halogens is 1. The molecular formula is C13H19BrN2O. The van der Waals surface area contributed by atoms with Crippen molar-refractivity contribution in [2.75, 3.05) is 13.2 Å². The van der Waals surface area contributed by atoms with Crippen molar-refractivity contribution in [3.8, 4) is 0 Å². The third-order valence-electron chi connectivity index (χ3n) is 3.34. The first-order valence-corrected chi connectivity index (χ1v) is 7.03. The van der Waals surface area contributed by atoms with Crippen LogP contribution in [0.15, 0.2) is 22.9 Å². The number of pyridine rings is 1. The number of aromatic nitrogens is 1. The Hall–Kier alpha value is -0.450. The van der Waals surface area contributed by atoms with E-state index in [-0.39, 0.29) is 6.61 Å². The predicted molar refractivity (Wildman–Crippen MR) is 71.7 cm³/mol. The summed E-state index contributed by atoms with van der Waals surface area (Å²) in [6, 6.07) is 2.83. The van der Waals surface area contributed by atoms with Crippen LogP contribution in [-0.2, 0) is 6.54 Å². The Labute approximate surface area is 111 Å². The lowest BCUT2D eigenvalue weighted by atomic mass is 9.91. The largest absolute Gasteiger partial charge is 0.396 e. The molecule has 0 radical (unpaired) electrons. The molecule has 3 nitrogen and oxygen atoms in total. The second-order valence-electron chi connectivity index (χ2n) is 4.64. The van der Waals surface area contributed by atoms with Gasteiger partial charge in [-0.1, -0.05) is 6.42 Å². The molecule has 0 saturated heterocycles. The van der Waals surface area contributed by atoms with Crippen molar-refractivity contribution in [3.63, 3.8) is 0 Å². The van der Waals surface area contributed by atoms with Crippen molar-refractivity contribution in [2.24, 2.45) is 0 Å². The second kappa shape index (κ2) is 6.47. The molecule has 0 atom stereocenters. The van der Waals surface area contributed by atoms with Gasteiger partial charge in [-0.25, -0.2) is 0 Å². The van der Waals surface area contributed by atoms with Gasteiger partial charge in [-0.05, 0) is 46.8 Å². The number of hydrogen-bond donors (Lipinski definition) is 1. The summed E-state index contributed by atoms with van der Waals surface area (Å²) >= 11 is 3.45. The Morgan fingerprint density at radius 2 is 2.24 bits per heavy atom. The van der Waals surface area contributed by atoms with Crippen LogP contribution >= 0.6 is 15.9 Å². The zero-order chi connectivity index (χ0) is 12.1. The Balaban J connectivity index is 1.95. The van der Waals surface area contributed by atoms with E-state index in [0.717, 1.165) is 24.0 Å². The molecule has 0 spiro atoms. The summed E-state index contributed by atoms with van der Waals surface area (Å²) in [4.78, 5) is 6.67. The lowest BCUT2D eigenvalue weighted by Gasteiger charge is -2.37. The highest BCUT2D eigenvalue weighted by Crippen LogP contribution is 2.26. The van der Waals surface area contributed by atoms with Gasteiger partial charge in [-0.2, -0.15) is 0 Å². The molecule has 0 unspecified atom stereocenters. The lowest BCUT2D eigenvalue weighted by Crippen LogP contribution is -2.40. The Bertz CT molecular complexity index is 355. The lowest BCUT2D eigenvalue weighted by molar-refractivity contribution is 0.109. The molecule has 0 amide bonds. The molecule has 17 heavy (non-hydrogen) atoms. The minimum Gasteiger partial charge on any atom is -0.396 e. The first kappa shape index (κ1) is 13.0. The van der Waals surface area contributed by atoms with Crippen LogP contribution in [0.1, 0.15) is 31.2 Å². The van der Waals surface area contributed by atoms with E-state index >= 15 is 0 Å². The fraction of sp³-hybridized carbons (Fsp3) is 0.615. The van der Waals surface area contributed by atoms with Gasteiger partial charge in [0.25, 0.3) is 0 Å². The highest BCUT2D eigenvalue weighted by Gasteiger charge is 2.24. The molecule has 1 aliphatic rings. The highest BCUT2D eigenvalue weighted by atomic mass is 79.9. The summed E-state index contributed by atoms with van der Waals surface area (Å²) in [5, 5.41) is 8.95. The van der Waals surface area contributed by atoms with E-state index in [0.29, 0.717) is 6.04 Å². The highest BCUT2D eigenvalue weighted by molar-refractivity contribution is 9.10. The molecule has 0 aliphatic heterocycles. The Morgan fingerprint density at radius 3 is 2.82 bits per heavy atom. The van der Waals surface area contributed by atoms with Crippen LogP contribution < -0.4 is 0 Å². The first-order valence-electron chi connectivity index (χ1n) is 6.24. The van der Waals surface area contributed by atoms with Gasteiger partial charge in [-0.15, -0.1) is 0 Å². The third kappa shape index (κ3) is 3.76. The molecule has 4 heteroatoms. The van der Waals surface area contributed by atoms with Crippen LogP contribution in [0.2, 0.25) is 0 Å². The molecule has 1 aromatic rings. The van der Waals surface area contributed by atoms with E-state index in [1.807, 2.05) is 12.4 Å². The van der Waals surface area contributed by atoms with E-state index in [2.05, 4.69) is 31.9 Å². The predicted octanol–water partition coefficient (Wildman–Crippen LogP) is 2.58. The molecule has 94 valence electrons. The summed E-state index contributed by atoms with van der Waals surface area (Å²) in [7, 11) is 0. The van der Waals surface area contributed by atoms with Crippen molar-refractivity contribution in [3.05, 3.63) is 28.5 Å². The van der Waals surface area contributed by atoms with Gasteiger partial charge in [0, 0.05) is 42.6 Å². The van der Waals surface area contributed by atoms with E-state index in [4.69, 9.17) is 5.11 Å². The van der Waals surface area contributed by atoms with E-state index in [9.17, 15) is 0 Å². The fourth-order valence-corrected chi connectivity index (χ4v) is 2.61. The van der Waals surface area contributed by atoms with Gasteiger partial charge in [0.05, 0.1) is 0 Å². The zero-order valence-corrected chi connectivity index (χ0v) is 11.6. The van der Waals surface area contributed by atoms with Crippen molar-refractivity contribution in [1.82, 2.24) is 9.88 Å². The van der Waals surface area contributed by atoms with E-state index in [1.54, 1.807) is 0 Å². The molecular weight excluding hydrogens is 280 g/mol. The topological polar surface area (TPSA) is 36.4 Å². The smallest absolute Gasteiger partial charge is 0.0443 e. The third-order valence-corrected chi connectivity index (χ3v) is 3.78. The summed E-state index contributed by atoms with van der Waals surface area (Å²) in [5.41, 5.74) is 1.24. The summed E-state index contributed by atoms with van der Waals surface area (Å²) in [5.74, 6) is 0. The minimum atomic E-state index is 0.278. The van der Waals surface area contributed by atoms with Gasteiger partial charge in [0.2, 0.25) is 0 Å². The standard InChI is InChI=1S/C13H19BrN2O/c14-12-7-11(8-15-9-12)10-16(5-2-6-17)13-3-1-4-13/h7-9,13,17H,1-6,10H2. The average molecular weight is 299 g/mol. The molecule has 1 saturated carbocycles. The molecule has 0 bridgehead atoms. The number of aliphatic hydroxyl groups is 1. The molecule has 1 aliphatic carbocycles. The molecule has 2 rings (SSSR count). The van der Waals surface area contributed by atoms with Crippen LogP contribution in [0, 0.1) is 0 Å². The summed E-state index contributed by atoms with van der Waals surface area (Å²) in [6.07, 6.45) is 8.54. The van der Waals surface area contributed by atoms with Crippen molar-refractivity contribution in [1.29, 1.82) is 0 Å². The van der Waals surface area contributed by atoms with Crippen LogP contribution in [0.3, 0.4) is 0 Å². The Kier molecular flexibility index (Phi) is 4.95. The summed E-state index contributed by atoms with van der Waals surface area (Å²) in [6.45, 7) is 2.20. The maximum Gasteiger partial charge on any atom is 0.0443 e. The SMILES string of the molecule is OCCCN(Cc1cncc(Br)c1)C1CCC1. The fourth-order valence-electron chi connectivity index (χ4n) is 2.19. The molecule has 1 heterocycles. The molecule has 1 N–H and O–H groups in total. The van der Waals surface area contributed by atoms with Crippen LogP contribution in [0.25, 0.3) is 0 Å². The van der Waals surface area contributed by atoms with E-state index < -0.39 is 0 Å². The molecule has 1 aromatic heterocycles. The van der Waals surface area contributed by atoms with Gasteiger partial charge >= 0.3 is 0 Å². The first-order chi connectivity index (χ1) is 8.29. The normalized spacial score (nSPS) is 16.2. The quantitative estimate of drug-likeness (QED) is 0.877. The van der Waals surface area contributed by atoms with Gasteiger partial charge < -0.3 is 5.11 Å². The maximum atomic E-state index is 8.95. The van der Waals surface area contributed by atoms with Gasteiger partial charge in [0.1, 0.15) is 0 Å². The number of nitrogens with zero attached hydrogens (tertiary/aromatic N) is 2. The number of aliphatic hydroxyl groups excluding tert-OH is 1. The maximum absolute atomic E-state index is 8.95. The van der Waals surface area contributed by atoms with Crippen LogP contribution in [0.5, 0.6) is 0 Å². The Morgan fingerprint density at radius 1 is 1.41 bits per heavy atom. The van der Waals surface area contributed by atoms with Gasteiger partial charge in [0.15, 0.2) is 0 Å². The molecule has 1 fully saturated rings. The molecule has 0 aromatic carbocycles. The monoisotopic (exact) mass is 298 g/mol. The van der Waals surface area contributed by atoms with Crippen LogP contribution in [-0.4, -0.2) is 34.2 Å². The van der Waals surface area contributed by atoms with Crippen molar-refractivity contribution < 1.29 is 5.11 Å². The van der Waals surface area contributed by atoms with E-state index in [1.165, 1.54) is 24.8 Å². The summed E-state index contributed by atoms with van der Waals surface area (Å²) < 4.78 is 1.03. The van der Waals surface area contributed by atoms with Crippen molar-refractivity contribution >= 4 is 15.9 Å². The number of hydrogen-bond acceptors (Lipinski definition) is 3. The van der Waals surface area contributed by atoms with Gasteiger partial charge in [-0.3, -0.25) is 9.88 Å². The number of rotatable bonds is 6. The second-order valence-corrected chi connectivity index (χ2v) is 5.56. The zero-order valence-electron chi connectivity index (χ0n) is 9.98. The van der Waals surface area contributed by atoms with Crippen molar-refractivity contribution in [2.45, 2.75) is 38.3 Å². The van der Waals surface area contributed by atoms with Crippen LogP contribution in [0.4, 0.5) is 0 Å². The average Bonchev–Trinajstić information content (AvgIpc) is 2.23. The minimum absolute atomic E-state index is 0.278.